The number of carbonyl (C=O) groups excluding carboxylic acids is 1. The van der Waals surface area contributed by atoms with Crippen molar-refractivity contribution >= 4 is 11.6 Å². The van der Waals surface area contributed by atoms with Gasteiger partial charge in [-0.25, -0.2) is 0 Å². The molecule has 1 aromatic rings. The number of nitrogens with zero attached hydrogens (tertiary/aromatic N) is 2. The fraction of sp³-hybridized carbons (Fsp3) is 0.533. The van der Waals surface area contributed by atoms with Gasteiger partial charge < -0.3 is 10.0 Å². The summed E-state index contributed by atoms with van der Waals surface area (Å²) in [5.74, 6) is -0.347. The average Bonchev–Trinajstić information content (AvgIpc) is 2.97. The van der Waals surface area contributed by atoms with Crippen LogP contribution < -0.4 is 0 Å². The van der Waals surface area contributed by atoms with E-state index in [1.165, 1.54) is 6.07 Å². The number of benzene rings is 1. The number of carbonyl (C=O) groups is 1. The quantitative estimate of drug-likeness (QED) is 0.666. The normalized spacial score (nSPS) is 15.1. The lowest BCUT2D eigenvalue weighted by molar-refractivity contribution is -0.385. The van der Waals surface area contributed by atoms with Crippen LogP contribution in [0.4, 0.5) is 5.69 Å². The first-order valence-electron chi connectivity index (χ1n) is 7.22. The third-order valence-electron chi connectivity index (χ3n) is 4.03. The van der Waals surface area contributed by atoms with Gasteiger partial charge in [0.2, 0.25) is 0 Å². The Morgan fingerprint density at radius 2 is 2.10 bits per heavy atom. The number of aliphatic hydroxyl groups excluding tert-OH is 1. The molecule has 1 aromatic carbocycles. The molecule has 0 unspecified atom stereocenters. The Bertz CT molecular complexity index is 538. The van der Waals surface area contributed by atoms with Crippen LogP contribution in [-0.2, 0) is 0 Å². The summed E-state index contributed by atoms with van der Waals surface area (Å²) in [6.45, 7) is 1.78. The van der Waals surface area contributed by atoms with E-state index in [1.54, 1.807) is 24.0 Å². The molecule has 2 rings (SSSR count). The molecule has 6 heteroatoms. The van der Waals surface area contributed by atoms with Crippen molar-refractivity contribution in [3.8, 4) is 0 Å². The second kappa shape index (κ2) is 6.67. The maximum atomic E-state index is 12.8. The van der Waals surface area contributed by atoms with E-state index < -0.39 is 4.92 Å². The van der Waals surface area contributed by atoms with Crippen molar-refractivity contribution in [3.63, 3.8) is 0 Å². The Kier molecular flexibility index (Phi) is 4.90. The van der Waals surface area contributed by atoms with Crippen molar-refractivity contribution in [1.29, 1.82) is 0 Å². The van der Waals surface area contributed by atoms with Crippen molar-refractivity contribution < 1.29 is 14.8 Å². The average molecular weight is 292 g/mol. The molecule has 6 nitrogen and oxygen atoms in total. The summed E-state index contributed by atoms with van der Waals surface area (Å²) < 4.78 is 0. The number of nitro benzene ring substituents is 1. The second-order valence-electron chi connectivity index (χ2n) is 5.39. The third-order valence-corrected chi connectivity index (χ3v) is 4.03. The molecule has 0 spiro atoms. The lowest BCUT2D eigenvalue weighted by Gasteiger charge is -2.28. The lowest BCUT2D eigenvalue weighted by atomic mass is 10.0. The number of hydrogen-bond acceptors (Lipinski definition) is 4. The Morgan fingerprint density at radius 1 is 1.43 bits per heavy atom. The second-order valence-corrected chi connectivity index (χ2v) is 5.39. The summed E-state index contributed by atoms with van der Waals surface area (Å²) in [4.78, 5) is 25.0. The van der Waals surface area contributed by atoms with Crippen LogP contribution in [0.1, 0.15) is 41.6 Å². The van der Waals surface area contributed by atoms with Gasteiger partial charge >= 0.3 is 0 Å². The largest absolute Gasteiger partial charge is 0.395 e. The molecule has 0 aliphatic heterocycles. The van der Waals surface area contributed by atoms with Crippen molar-refractivity contribution in [3.05, 3.63) is 39.4 Å². The highest BCUT2D eigenvalue weighted by Crippen LogP contribution is 2.28. The van der Waals surface area contributed by atoms with E-state index in [2.05, 4.69) is 0 Å². The van der Waals surface area contributed by atoms with Crippen molar-refractivity contribution in [2.24, 2.45) is 0 Å². The zero-order valence-electron chi connectivity index (χ0n) is 12.1. The molecular formula is C15H20N2O4. The summed E-state index contributed by atoms with van der Waals surface area (Å²) >= 11 is 0. The molecule has 0 heterocycles. The summed E-state index contributed by atoms with van der Waals surface area (Å²) in [5.41, 5.74) is 0.568. The van der Waals surface area contributed by atoms with Crippen LogP contribution in [0, 0.1) is 17.0 Å². The van der Waals surface area contributed by atoms with E-state index in [-0.39, 0.29) is 36.4 Å². The predicted molar refractivity (Wildman–Crippen MR) is 78.2 cm³/mol. The maximum absolute atomic E-state index is 12.8. The van der Waals surface area contributed by atoms with Crippen LogP contribution in [0.2, 0.25) is 0 Å². The molecule has 0 saturated heterocycles. The van der Waals surface area contributed by atoms with Gasteiger partial charge in [0.1, 0.15) is 5.56 Å². The predicted octanol–water partition coefficient (Wildman–Crippen LogP) is 2.28. The number of aliphatic hydroxyl groups is 1. The smallest absolute Gasteiger partial charge is 0.282 e. The van der Waals surface area contributed by atoms with Gasteiger partial charge in [-0.1, -0.05) is 25.0 Å². The first kappa shape index (κ1) is 15.4. The highest BCUT2D eigenvalue weighted by Gasteiger charge is 2.31. The Hall–Kier alpha value is -1.95. The molecule has 0 aromatic heterocycles. The van der Waals surface area contributed by atoms with E-state index in [9.17, 15) is 20.0 Å². The molecule has 1 fully saturated rings. The van der Waals surface area contributed by atoms with Gasteiger partial charge in [0.15, 0.2) is 0 Å². The topological polar surface area (TPSA) is 83.7 Å². The Morgan fingerprint density at radius 3 is 2.67 bits per heavy atom. The molecular weight excluding hydrogens is 272 g/mol. The van der Waals surface area contributed by atoms with Crippen LogP contribution in [-0.4, -0.2) is 40.0 Å². The van der Waals surface area contributed by atoms with Gasteiger partial charge in [-0.2, -0.15) is 0 Å². The zero-order chi connectivity index (χ0) is 15.4. The highest BCUT2D eigenvalue weighted by molar-refractivity contribution is 5.99. The van der Waals surface area contributed by atoms with E-state index in [0.717, 1.165) is 25.7 Å². The number of aryl methyl sites for hydroxylation is 1. The molecule has 0 bridgehead atoms. The van der Waals surface area contributed by atoms with Gasteiger partial charge in [-0.3, -0.25) is 14.9 Å². The molecule has 21 heavy (non-hydrogen) atoms. The van der Waals surface area contributed by atoms with Gasteiger partial charge in [0.25, 0.3) is 11.6 Å². The SMILES string of the molecule is Cc1cccc([N+](=O)[O-])c1C(=O)N(CCO)C1CCCC1. The monoisotopic (exact) mass is 292 g/mol. The molecule has 114 valence electrons. The van der Waals surface area contributed by atoms with Crippen molar-refractivity contribution in [2.45, 2.75) is 38.6 Å². The first-order valence-corrected chi connectivity index (χ1v) is 7.22. The zero-order valence-corrected chi connectivity index (χ0v) is 12.1. The van der Waals surface area contributed by atoms with Crippen LogP contribution in [0.5, 0.6) is 0 Å². The summed E-state index contributed by atoms with van der Waals surface area (Å²) in [6, 6.07) is 4.71. The molecule has 1 aliphatic rings. The number of nitro groups is 1. The van der Waals surface area contributed by atoms with Gasteiger partial charge in [0, 0.05) is 18.7 Å². The Balaban J connectivity index is 2.38. The first-order chi connectivity index (χ1) is 10.1. The minimum atomic E-state index is -0.522. The third kappa shape index (κ3) is 3.21. The number of rotatable bonds is 5. The van der Waals surface area contributed by atoms with E-state index in [0.29, 0.717) is 5.56 Å². The highest BCUT2D eigenvalue weighted by atomic mass is 16.6. The van der Waals surface area contributed by atoms with Crippen LogP contribution in [0.15, 0.2) is 18.2 Å². The van der Waals surface area contributed by atoms with Gasteiger partial charge in [-0.15, -0.1) is 0 Å². The standard InChI is InChI=1S/C15H20N2O4/c1-11-5-4-8-13(17(20)21)14(11)15(19)16(9-10-18)12-6-2-3-7-12/h4-5,8,12,18H,2-3,6-7,9-10H2,1H3. The summed E-state index contributed by atoms with van der Waals surface area (Å²) in [5, 5.41) is 20.4. The Labute approximate surface area is 123 Å². The van der Waals surface area contributed by atoms with E-state index in [1.807, 2.05) is 0 Å². The molecule has 1 amide bonds. The number of amides is 1. The fourth-order valence-electron chi connectivity index (χ4n) is 3.00. The minimum absolute atomic E-state index is 0.0730. The minimum Gasteiger partial charge on any atom is -0.395 e. The molecule has 1 aliphatic carbocycles. The maximum Gasteiger partial charge on any atom is 0.282 e. The fourth-order valence-corrected chi connectivity index (χ4v) is 3.00. The molecule has 0 atom stereocenters. The molecule has 1 N–H and O–H groups in total. The van der Waals surface area contributed by atoms with Crippen LogP contribution in [0.3, 0.4) is 0 Å². The lowest BCUT2D eigenvalue weighted by Crippen LogP contribution is -2.41. The van der Waals surface area contributed by atoms with Gasteiger partial charge in [0.05, 0.1) is 11.5 Å². The van der Waals surface area contributed by atoms with Crippen LogP contribution in [0.25, 0.3) is 0 Å². The summed E-state index contributed by atoms with van der Waals surface area (Å²) in [6.07, 6.45) is 3.89. The van der Waals surface area contributed by atoms with Crippen molar-refractivity contribution in [1.82, 2.24) is 4.90 Å². The van der Waals surface area contributed by atoms with Crippen molar-refractivity contribution in [2.75, 3.05) is 13.2 Å². The molecule has 1 saturated carbocycles. The van der Waals surface area contributed by atoms with E-state index >= 15 is 0 Å². The van der Waals surface area contributed by atoms with Gasteiger partial charge in [-0.05, 0) is 25.3 Å². The molecule has 0 radical (unpaired) electrons. The number of hydrogen-bond donors (Lipinski definition) is 1. The van der Waals surface area contributed by atoms with E-state index in [4.69, 9.17) is 0 Å². The summed E-state index contributed by atoms with van der Waals surface area (Å²) in [7, 11) is 0. The van der Waals surface area contributed by atoms with Crippen LogP contribution >= 0.6 is 0 Å².